The molecule has 0 spiro atoms. The SMILES string of the molecule is CNCc1cc(F)c(F)c(Cl)c1O. The van der Waals surface area contributed by atoms with E-state index in [2.05, 4.69) is 5.32 Å². The van der Waals surface area contributed by atoms with Crippen LogP contribution in [0.5, 0.6) is 5.75 Å². The molecule has 0 aliphatic heterocycles. The minimum atomic E-state index is -1.22. The van der Waals surface area contributed by atoms with Gasteiger partial charge in [0.1, 0.15) is 10.8 Å². The lowest BCUT2D eigenvalue weighted by molar-refractivity contribution is 0.446. The lowest BCUT2D eigenvalue weighted by Crippen LogP contribution is -2.06. The first kappa shape index (κ1) is 10.2. The Kier molecular flexibility index (Phi) is 3.06. The van der Waals surface area contributed by atoms with E-state index in [9.17, 15) is 13.9 Å². The zero-order valence-electron chi connectivity index (χ0n) is 6.87. The van der Waals surface area contributed by atoms with Crippen molar-refractivity contribution in [3.8, 4) is 5.75 Å². The highest BCUT2D eigenvalue weighted by molar-refractivity contribution is 6.32. The van der Waals surface area contributed by atoms with E-state index in [-0.39, 0.29) is 12.1 Å². The van der Waals surface area contributed by atoms with Gasteiger partial charge in [0, 0.05) is 12.1 Å². The monoisotopic (exact) mass is 207 g/mol. The van der Waals surface area contributed by atoms with Crippen LogP contribution in [0.2, 0.25) is 5.02 Å². The fourth-order valence-electron chi connectivity index (χ4n) is 0.960. The molecule has 0 saturated heterocycles. The molecular formula is C8H8ClF2NO. The third kappa shape index (κ3) is 1.89. The molecule has 2 N–H and O–H groups in total. The molecule has 0 aliphatic carbocycles. The van der Waals surface area contributed by atoms with Crippen LogP contribution in [-0.2, 0) is 6.54 Å². The van der Waals surface area contributed by atoms with E-state index in [1.165, 1.54) is 0 Å². The van der Waals surface area contributed by atoms with Crippen molar-refractivity contribution < 1.29 is 13.9 Å². The van der Waals surface area contributed by atoms with E-state index < -0.39 is 22.4 Å². The summed E-state index contributed by atoms with van der Waals surface area (Å²) in [6, 6.07) is 0.910. The summed E-state index contributed by atoms with van der Waals surface area (Å²) in [5.74, 6) is -2.71. The van der Waals surface area contributed by atoms with Crippen molar-refractivity contribution in [1.29, 1.82) is 0 Å². The van der Waals surface area contributed by atoms with Gasteiger partial charge in [-0.05, 0) is 13.1 Å². The van der Waals surface area contributed by atoms with E-state index >= 15 is 0 Å². The Morgan fingerprint density at radius 3 is 2.69 bits per heavy atom. The van der Waals surface area contributed by atoms with Crippen LogP contribution >= 0.6 is 11.6 Å². The van der Waals surface area contributed by atoms with Gasteiger partial charge >= 0.3 is 0 Å². The topological polar surface area (TPSA) is 32.3 Å². The third-order valence-corrected chi connectivity index (χ3v) is 1.93. The molecular weight excluding hydrogens is 200 g/mol. The maximum absolute atomic E-state index is 12.7. The van der Waals surface area contributed by atoms with Gasteiger partial charge in [0.05, 0.1) is 0 Å². The zero-order chi connectivity index (χ0) is 10.0. The summed E-state index contributed by atoms with van der Waals surface area (Å²) in [6.45, 7) is 0.225. The highest BCUT2D eigenvalue weighted by atomic mass is 35.5. The number of benzene rings is 1. The quantitative estimate of drug-likeness (QED) is 0.728. The second kappa shape index (κ2) is 3.89. The lowest BCUT2D eigenvalue weighted by atomic mass is 10.2. The van der Waals surface area contributed by atoms with E-state index in [1.54, 1.807) is 7.05 Å². The zero-order valence-corrected chi connectivity index (χ0v) is 7.62. The Hall–Kier alpha value is -0.870. The first-order valence-corrected chi connectivity index (χ1v) is 3.95. The molecule has 0 aliphatic rings. The molecule has 0 saturated carbocycles. The molecule has 0 aromatic heterocycles. The van der Waals surface area contributed by atoms with E-state index in [4.69, 9.17) is 11.6 Å². The minimum Gasteiger partial charge on any atom is -0.506 e. The van der Waals surface area contributed by atoms with Crippen LogP contribution in [0, 0.1) is 11.6 Å². The molecule has 1 rings (SSSR count). The van der Waals surface area contributed by atoms with E-state index in [1.807, 2.05) is 0 Å². The summed E-state index contributed by atoms with van der Waals surface area (Å²) in [6.07, 6.45) is 0. The predicted molar refractivity (Wildman–Crippen MR) is 45.8 cm³/mol. The van der Waals surface area contributed by atoms with Crippen molar-refractivity contribution in [1.82, 2.24) is 5.32 Å². The number of hydrogen-bond acceptors (Lipinski definition) is 2. The largest absolute Gasteiger partial charge is 0.506 e. The van der Waals surface area contributed by atoms with Crippen molar-refractivity contribution in [2.45, 2.75) is 6.54 Å². The number of rotatable bonds is 2. The maximum Gasteiger partial charge on any atom is 0.181 e. The molecule has 72 valence electrons. The van der Waals surface area contributed by atoms with Crippen molar-refractivity contribution in [2.75, 3.05) is 7.05 Å². The Bertz CT molecular complexity index is 330. The minimum absolute atomic E-state index is 0.225. The average Bonchev–Trinajstić information content (AvgIpc) is 2.11. The number of phenols is 1. The molecule has 0 unspecified atom stereocenters. The normalized spacial score (nSPS) is 10.5. The Balaban J connectivity index is 3.24. The third-order valence-electron chi connectivity index (χ3n) is 1.58. The van der Waals surface area contributed by atoms with Gasteiger partial charge in [-0.2, -0.15) is 0 Å². The van der Waals surface area contributed by atoms with Crippen LogP contribution in [0.3, 0.4) is 0 Å². The second-order valence-corrected chi connectivity index (χ2v) is 2.90. The van der Waals surface area contributed by atoms with Gasteiger partial charge in [-0.15, -0.1) is 0 Å². The summed E-state index contributed by atoms with van der Waals surface area (Å²) in [7, 11) is 1.62. The summed E-state index contributed by atoms with van der Waals surface area (Å²) in [4.78, 5) is 0. The molecule has 5 heteroatoms. The van der Waals surface area contributed by atoms with Crippen LogP contribution in [0.4, 0.5) is 8.78 Å². The molecule has 13 heavy (non-hydrogen) atoms. The molecule has 0 amide bonds. The second-order valence-electron chi connectivity index (χ2n) is 2.52. The number of hydrogen-bond donors (Lipinski definition) is 2. The molecule has 0 fully saturated rings. The highest BCUT2D eigenvalue weighted by Crippen LogP contribution is 2.31. The van der Waals surface area contributed by atoms with Crippen LogP contribution in [0.25, 0.3) is 0 Å². The number of phenolic OH excluding ortho intramolecular Hbond substituents is 1. The first-order valence-electron chi connectivity index (χ1n) is 3.58. The lowest BCUT2D eigenvalue weighted by Gasteiger charge is -2.06. The maximum atomic E-state index is 12.7. The summed E-state index contributed by atoms with van der Waals surface area (Å²) in [5.41, 5.74) is 0.228. The number of nitrogens with one attached hydrogen (secondary N) is 1. The molecule has 0 radical (unpaired) electrons. The van der Waals surface area contributed by atoms with Gasteiger partial charge in [0.2, 0.25) is 0 Å². The Morgan fingerprint density at radius 1 is 1.54 bits per heavy atom. The van der Waals surface area contributed by atoms with E-state index in [0.717, 1.165) is 6.07 Å². The van der Waals surface area contributed by atoms with Gasteiger partial charge in [0.15, 0.2) is 11.6 Å². The molecule has 0 heterocycles. The molecule has 0 bridgehead atoms. The Morgan fingerprint density at radius 2 is 2.15 bits per heavy atom. The smallest absolute Gasteiger partial charge is 0.181 e. The Labute approximate surface area is 79.1 Å². The fraction of sp³-hybridized carbons (Fsp3) is 0.250. The van der Waals surface area contributed by atoms with Gasteiger partial charge in [-0.3, -0.25) is 0 Å². The van der Waals surface area contributed by atoms with Crippen LogP contribution in [0.15, 0.2) is 6.07 Å². The van der Waals surface area contributed by atoms with Crippen LogP contribution in [0.1, 0.15) is 5.56 Å². The summed E-state index contributed by atoms with van der Waals surface area (Å²) >= 11 is 5.33. The summed E-state index contributed by atoms with van der Waals surface area (Å²) in [5, 5.41) is 11.4. The highest BCUT2D eigenvalue weighted by Gasteiger charge is 2.15. The molecule has 1 aromatic carbocycles. The van der Waals surface area contributed by atoms with Gasteiger partial charge < -0.3 is 10.4 Å². The van der Waals surface area contributed by atoms with Crippen molar-refractivity contribution in [3.05, 3.63) is 28.3 Å². The van der Waals surface area contributed by atoms with Crippen molar-refractivity contribution >= 4 is 11.6 Å². The molecule has 1 aromatic rings. The van der Waals surface area contributed by atoms with Crippen molar-refractivity contribution in [2.24, 2.45) is 0 Å². The van der Waals surface area contributed by atoms with Gasteiger partial charge in [0.25, 0.3) is 0 Å². The van der Waals surface area contributed by atoms with Gasteiger partial charge in [-0.1, -0.05) is 11.6 Å². The first-order chi connectivity index (χ1) is 6.07. The van der Waals surface area contributed by atoms with Crippen LogP contribution in [-0.4, -0.2) is 12.2 Å². The molecule has 2 nitrogen and oxygen atoms in total. The average molecular weight is 208 g/mol. The van der Waals surface area contributed by atoms with E-state index in [0.29, 0.717) is 0 Å². The fourth-order valence-corrected chi connectivity index (χ4v) is 1.17. The summed E-state index contributed by atoms with van der Waals surface area (Å²) < 4.78 is 25.5. The molecule has 0 atom stereocenters. The van der Waals surface area contributed by atoms with Crippen molar-refractivity contribution in [3.63, 3.8) is 0 Å². The predicted octanol–water partition coefficient (Wildman–Crippen LogP) is 2.04. The number of halogens is 3. The number of aromatic hydroxyl groups is 1. The van der Waals surface area contributed by atoms with Gasteiger partial charge in [-0.25, -0.2) is 8.78 Å². The standard InChI is InChI=1S/C8H8ClF2NO/c1-12-3-4-2-5(10)7(11)6(9)8(4)13/h2,12-13H,3H2,1H3. The van der Waals surface area contributed by atoms with Crippen LogP contribution < -0.4 is 5.32 Å².